The van der Waals surface area contributed by atoms with Crippen LogP contribution in [0.15, 0.2) is 17.6 Å². The van der Waals surface area contributed by atoms with Crippen LogP contribution >= 0.6 is 11.8 Å². The molecule has 3 nitrogen and oxygen atoms in total. The van der Waals surface area contributed by atoms with Gasteiger partial charge < -0.3 is 10.3 Å². The molecule has 1 aromatic rings. The van der Waals surface area contributed by atoms with Crippen LogP contribution in [0.2, 0.25) is 0 Å². The van der Waals surface area contributed by atoms with Crippen molar-refractivity contribution in [2.24, 2.45) is 0 Å². The average molecular weight is 213 g/mol. The number of nitrogens with zero attached hydrogens (tertiary/aromatic N) is 1. The van der Waals surface area contributed by atoms with Gasteiger partial charge in [0.1, 0.15) is 0 Å². The first-order valence-corrected chi connectivity index (χ1v) is 6.21. The molecule has 1 aromatic heterocycles. The number of aromatic amines is 1. The first-order chi connectivity index (χ1) is 6.86. The fraction of sp³-hybridized carbons (Fsp3) is 0.700. The molecular formula is C10H19N3S. The molecule has 80 valence electrons. The number of hydrogen-bond donors (Lipinski definition) is 2. The van der Waals surface area contributed by atoms with E-state index in [0.29, 0.717) is 6.04 Å². The van der Waals surface area contributed by atoms with E-state index in [1.807, 2.05) is 6.20 Å². The second kappa shape index (κ2) is 6.90. The van der Waals surface area contributed by atoms with E-state index < -0.39 is 0 Å². The Morgan fingerprint density at radius 2 is 2.43 bits per heavy atom. The monoisotopic (exact) mass is 213 g/mol. The number of hydrogen-bond acceptors (Lipinski definition) is 3. The van der Waals surface area contributed by atoms with E-state index >= 15 is 0 Å². The Morgan fingerprint density at radius 3 is 3.00 bits per heavy atom. The molecule has 1 heterocycles. The molecule has 4 heteroatoms. The van der Waals surface area contributed by atoms with Gasteiger partial charge in [-0.2, -0.15) is 0 Å². The molecule has 0 amide bonds. The minimum absolute atomic E-state index is 0.611. The van der Waals surface area contributed by atoms with E-state index in [4.69, 9.17) is 0 Å². The van der Waals surface area contributed by atoms with Crippen molar-refractivity contribution < 1.29 is 0 Å². The van der Waals surface area contributed by atoms with Crippen LogP contribution in [0, 0.1) is 0 Å². The molecular weight excluding hydrogens is 194 g/mol. The molecule has 1 atom stereocenters. The maximum absolute atomic E-state index is 4.19. The van der Waals surface area contributed by atoms with Crippen LogP contribution < -0.4 is 5.32 Å². The minimum atomic E-state index is 0.611. The predicted molar refractivity (Wildman–Crippen MR) is 61.7 cm³/mol. The van der Waals surface area contributed by atoms with E-state index in [1.54, 1.807) is 18.0 Å². The molecule has 0 radical (unpaired) electrons. The summed E-state index contributed by atoms with van der Waals surface area (Å²) < 4.78 is 0. The number of imidazole rings is 1. The molecule has 0 saturated carbocycles. The van der Waals surface area contributed by atoms with Gasteiger partial charge in [0.05, 0.1) is 0 Å². The van der Waals surface area contributed by atoms with E-state index in [9.17, 15) is 0 Å². The number of nitrogens with one attached hydrogen (secondary N) is 2. The van der Waals surface area contributed by atoms with Gasteiger partial charge in [0, 0.05) is 24.2 Å². The zero-order valence-electron chi connectivity index (χ0n) is 8.92. The van der Waals surface area contributed by atoms with Crippen LogP contribution in [0.4, 0.5) is 0 Å². The highest BCUT2D eigenvalue weighted by Crippen LogP contribution is 2.14. The Morgan fingerprint density at radius 1 is 1.57 bits per heavy atom. The fourth-order valence-corrected chi connectivity index (χ4v) is 2.32. The Kier molecular flexibility index (Phi) is 5.71. The zero-order valence-corrected chi connectivity index (χ0v) is 9.73. The molecule has 1 unspecified atom stereocenters. The molecule has 0 aromatic carbocycles. The van der Waals surface area contributed by atoms with Gasteiger partial charge in [0.15, 0.2) is 5.16 Å². The largest absolute Gasteiger partial charge is 0.340 e. The fourth-order valence-electron chi connectivity index (χ4n) is 1.39. The Bertz CT molecular complexity index is 217. The summed E-state index contributed by atoms with van der Waals surface area (Å²) in [5.41, 5.74) is 0. The average Bonchev–Trinajstić information content (AvgIpc) is 2.67. The van der Waals surface area contributed by atoms with Crippen LogP contribution in [-0.2, 0) is 0 Å². The lowest BCUT2D eigenvalue weighted by atomic mass is 10.2. The minimum Gasteiger partial charge on any atom is -0.340 e. The number of rotatable bonds is 7. The van der Waals surface area contributed by atoms with Crippen LogP contribution in [0.25, 0.3) is 0 Å². The van der Waals surface area contributed by atoms with Crippen molar-refractivity contribution in [3.8, 4) is 0 Å². The molecule has 0 aliphatic heterocycles. The molecule has 0 aliphatic carbocycles. The second-order valence-corrected chi connectivity index (χ2v) is 4.26. The summed E-state index contributed by atoms with van der Waals surface area (Å²) in [6, 6.07) is 0.611. The molecule has 1 rings (SSSR count). The highest BCUT2D eigenvalue weighted by Gasteiger charge is 2.07. The third kappa shape index (κ3) is 4.15. The number of H-pyrrole nitrogens is 1. The quantitative estimate of drug-likeness (QED) is 0.683. The summed E-state index contributed by atoms with van der Waals surface area (Å²) in [5, 5.41) is 4.50. The third-order valence-corrected chi connectivity index (χ3v) is 3.09. The van der Waals surface area contributed by atoms with Gasteiger partial charge in [-0.05, 0) is 13.0 Å². The second-order valence-electron chi connectivity index (χ2n) is 3.25. The van der Waals surface area contributed by atoms with Crippen molar-refractivity contribution in [3.05, 3.63) is 12.4 Å². The highest BCUT2D eigenvalue weighted by molar-refractivity contribution is 7.99. The molecule has 0 bridgehead atoms. The van der Waals surface area contributed by atoms with Crippen molar-refractivity contribution in [1.29, 1.82) is 0 Å². The summed E-state index contributed by atoms with van der Waals surface area (Å²) in [5.74, 6) is 1.09. The van der Waals surface area contributed by atoms with Crippen LogP contribution in [0.5, 0.6) is 0 Å². The number of thioether (sulfide) groups is 1. The third-order valence-electron chi connectivity index (χ3n) is 2.02. The van der Waals surface area contributed by atoms with Crippen LogP contribution in [-0.4, -0.2) is 28.3 Å². The summed E-state index contributed by atoms with van der Waals surface area (Å²) in [6.07, 6.45) is 6.13. The van der Waals surface area contributed by atoms with Gasteiger partial charge in [0.2, 0.25) is 0 Å². The summed E-state index contributed by atoms with van der Waals surface area (Å²) in [4.78, 5) is 7.29. The summed E-state index contributed by atoms with van der Waals surface area (Å²) in [6.45, 7) is 5.42. The highest BCUT2D eigenvalue weighted by atomic mass is 32.2. The van der Waals surface area contributed by atoms with Crippen molar-refractivity contribution in [1.82, 2.24) is 15.3 Å². The van der Waals surface area contributed by atoms with Gasteiger partial charge in [-0.25, -0.2) is 4.98 Å². The van der Waals surface area contributed by atoms with Crippen molar-refractivity contribution >= 4 is 11.8 Å². The van der Waals surface area contributed by atoms with E-state index in [2.05, 4.69) is 29.1 Å². The van der Waals surface area contributed by atoms with Gasteiger partial charge in [-0.1, -0.05) is 32.0 Å². The van der Waals surface area contributed by atoms with Gasteiger partial charge >= 0.3 is 0 Å². The van der Waals surface area contributed by atoms with Gasteiger partial charge in [0.25, 0.3) is 0 Å². The molecule has 0 aliphatic rings. The molecule has 2 N–H and O–H groups in total. The molecule has 0 spiro atoms. The normalized spacial score (nSPS) is 13.0. The van der Waals surface area contributed by atoms with Crippen LogP contribution in [0.3, 0.4) is 0 Å². The van der Waals surface area contributed by atoms with E-state index in [-0.39, 0.29) is 0 Å². The Labute approximate surface area is 90.1 Å². The SMILES string of the molecule is CCCC(CSc1ncc[nH]1)NCC. The first kappa shape index (κ1) is 11.6. The van der Waals surface area contributed by atoms with Crippen molar-refractivity contribution in [3.63, 3.8) is 0 Å². The number of aromatic nitrogens is 2. The van der Waals surface area contributed by atoms with Gasteiger partial charge in [-0.15, -0.1) is 0 Å². The standard InChI is InChI=1S/C10H19N3S/c1-3-5-9(11-4-2)8-14-10-12-6-7-13-10/h6-7,9,11H,3-5,8H2,1-2H3,(H,12,13). The Balaban J connectivity index is 2.25. The van der Waals surface area contributed by atoms with Crippen molar-refractivity contribution in [2.75, 3.05) is 12.3 Å². The first-order valence-electron chi connectivity index (χ1n) is 5.22. The maximum Gasteiger partial charge on any atom is 0.165 e. The predicted octanol–water partition coefficient (Wildman–Crippen LogP) is 2.28. The lowest BCUT2D eigenvalue weighted by Crippen LogP contribution is -2.30. The van der Waals surface area contributed by atoms with Crippen molar-refractivity contribution in [2.45, 2.75) is 37.9 Å². The van der Waals surface area contributed by atoms with Gasteiger partial charge in [-0.3, -0.25) is 0 Å². The lowest BCUT2D eigenvalue weighted by molar-refractivity contribution is 0.531. The lowest BCUT2D eigenvalue weighted by Gasteiger charge is -2.15. The molecule has 0 fully saturated rings. The molecule has 14 heavy (non-hydrogen) atoms. The Hall–Kier alpha value is -0.480. The van der Waals surface area contributed by atoms with E-state index in [0.717, 1.165) is 17.5 Å². The van der Waals surface area contributed by atoms with Crippen LogP contribution in [0.1, 0.15) is 26.7 Å². The molecule has 0 saturated heterocycles. The maximum atomic E-state index is 4.19. The topological polar surface area (TPSA) is 40.7 Å². The zero-order chi connectivity index (χ0) is 10.2. The smallest absolute Gasteiger partial charge is 0.165 e. The van der Waals surface area contributed by atoms with E-state index in [1.165, 1.54) is 12.8 Å². The summed E-state index contributed by atoms with van der Waals surface area (Å²) in [7, 11) is 0. The summed E-state index contributed by atoms with van der Waals surface area (Å²) >= 11 is 1.79.